The number of carbonyl (C=O) groups is 4. The van der Waals surface area contributed by atoms with Crippen LogP contribution in [-0.2, 0) is 38.1 Å². The van der Waals surface area contributed by atoms with Gasteiger partial charge in [-0.15, -0.1) is 0 Å². The van der Waals surface area contributed by atoms with Crippen LogP contribution < -0.4 is 5.32 Å². The van der Waals surface area contributed by atoms with Crippen LogP contribution in [0.2, 0.25) is 0 Å². The number of hydrogen-bond donors (Lipinski definition) is 1. The smallest absolute Gasteiger partial charge is 0.328 e. The molecule has 0 unspecified atom stereocenters. The van der Waals surface area contributed by atoms with Crippen molar-refractivity contribution in [1.29, 1.82) is 0 Å². The van der Waals surface area contributed by atoms with Crippen molar-refractivity contribution in [2.24, 2.45) is 17.8 Å². The molecule has 0 spiro atoms. The molecule has 9 heteroatoms. The van der Waals surface area contributed by atoms with Crippen LogP contribution in [0.15, 0.2) is 0 Å². The predicted octanol–water partition coefficient (Wildman–Crippen LogP) is -0.721. The van der Waals surface area contributed by atoms with Gasteiger partial charge in [0.15, 0.2) is 5.92 Å². The summed E-state index contributed by atoms with van der Waals surface area (Å²) in [5.41, 5.74) is 0. The molecule has 24 heavy (non-hydrogen) atoms. The molecule has 1 N–H and O–H groups in total. The van der Waals surface area contributed by atoms with E-state index in [9.17, 15) is 19.2 Å². The number of hydrogen-bond acceptors (Lipinski definition) is 8. The topological polar surface area (TPSA) is 117 Å². The van der Waals surface area contributed by atoms with Crippen LogP contribution in [0.25, 0.3) is 0 Å². The zero-order chi connectivity index (χ0) is 18.3. The molecule has 0 saturated carbocycles. The van der Waals surface area contributed by atoms with Crippen molar-refractivity contribution in [3.8, 4) is 0 Å². The molecule has 1 saturated heterocycles. The Balaban J connectivity index is 2.98. The summed E-state index contributed by atoms with van der Waals surface area (Å²) in [6.45, 7) is 2.18. The van der Waals surface area contributed by atoms with Crippen molar-refractivity contribution in [3.05, 3.63) is 0 Å². The van der Waals surface area contributed by atoms with E-state index in [-0.39, 0.29) is 12.5 Å². The molecular formula is C15H23NO8. The predicted molar refractivity (Wildman–Crippen MR) is 79.6 cm³/mol. The molecule has 1 aliphatic heterocycles. The average molecular weight is 345 g/mol. The second-order valence-electron chi connectivity index (χ2n) is 5.45. The molecule has 0 aromatic carbocycles. The van der Waals surface area contributed by atoms with Crippen molar-refractivity contribution in [1.82, 2.24) is 5.32 Å². The Morgan fingerprint density at radius 3 is 1.96 bits per heavy atom. The van der Waals surface area contributed by atoms with Gasteiger partial charge in [0.2, 0.25) is 5.91 Å². The normalized spacial score (nSPS) is 19.3. The summed E-state index contributed by atoms with van der Waals surface area (Å²) in [4.78, 5) is 48.1. The molecule has 1 fully saturated rings. The first-order valence-corrected chi connectivity index (χ1v) is 7.48. The summed E-state index contributed by atoms with van der Waals surface area (Å²) in [7, 11) is 3.39. The van der Waals surface area contributed by atoms with Crippen molar-refractivity contribution >= 4 is 23.8 Å². The first-order chi connectivity index (χ1) is 11.4. The minimum Gasteiger partial charge on any atom is -0.468 e. The van der Waals surface area contributed by atoms with Gasteiger partial charge in [0.05, 0.1) is 33.9 Å². The van der Waals surface area contributed by atoms with Gasteiger partial charge >= 0.3 is 17.9 Å². The molecule has 136 valence electrons. The molecule has 9 nitrogen and oxygen atoms in total. The van der Waals surface area contributed by atoms with Crippen LogP contribution in [0.4, 0.5) is 0 Å². The number of esters is 3. The Bertz CT molecular complexity index is 470. The van der Waals surface area contributed by atoms with Gasteiger partial charge in [-0.05, 0) is 6.42 Å². The lowest BCUT2D eigenvalue weighted by molar-refractivity contribution is -0.163. The van der Waals surface area contributed by atoms with E-state index in [1.807, 2.05) is 0 Å². The molecule has 1 rings (SSSR count). The summed E-state index contributed by atoms with van der Waals surface area (Å²) < 4.78 is 19.0. The van der Waals surface area contributed by atoms with Crippen LogP contribution in [0, 0.1) is 17.8 Å². The maximum absolute atomic E-state index is 12.3. The quantitative estimate of drug-likeness (QED) is 0.365. The minimum atomic E-state index is -1.37. The van der Waals surface area contributed by atoms with E-state index >= 15 is 0 Å². The highest BCUT2D eigenvalue weighted by Gasteiger charge is 2.43. The highest BCUT2D eigenvalue weighted by atomic mass is 16.5. The highest BCUT2D eigenvalue weighted by molar-refractivity contribution is 5.96. The maximum atomic E-state index is 12.3. The molecule has 0 bridgehead atoms. The van der Waals surface area contributed by atoms with Gasteiger partial charge in [0.25, 0.3) is 0 Å². The molecular weight excluding hydrogens is 322 g/mol. The molecule has 1 aliphatic rings. The number of amides is 1. The Labute approximate surface area is 139 Å². The Kier molecular flexibility index (Phi) is 7.63. The molecule has 1 amide bonds. The van der Waals surface area contributed by atoms with Crippen LogP contribution in [0.5, 0.6) is 0 Å². The minimum absolute atomic E-state index is 0.255. The Morgan fingerprint density at radius 1 is 1.00 bits per heavy atom. The van der Waals surface area contributed by atoms with Gasteiger partial charge in [-0.1, -0.05) is 6.92 Å². The average Bonchev–Trinajstić information content (AvgIpc) is 3.12. The van der Waals surface area contributed by atoms with Crippen LogP contribution in [0.3, 0.4) is 0 Å². The molecule has 1 heterocycles. The summed E-state index contributed by atoms with van der Waals surface area (Å²) in [5, 5.41) is 2.54. The number of rotatable bonds is 7. The molecule has 0 aliphatic carbocycles. The number of carbonyl (C=O) groups excluding carboxylic acids is 4. The van der Waals surface area contributed by atoms with Gasteiger partial charge in [-0.2, -0.15) is 0 Å². The van der Waals surface area contributed by atoms with E-state index in [4.69, 9.17) is 4.74 Å². The highest BCUT2D eigenvalue weighted by Crippen LogP contribution is 2.21. The summed E-state index contributed by atoms with van der Waals surface area (Å²) in [6.07, 6.45) is 0.533. The molecule has 0 aromatic rings. The lowest BCUT2D eigenvalue weighted by Crippen LogP contribution is -2.52. The van der Waals surface area contributed by atoms with Gasteiger partial charge in [-0.3, -0.25) is 14.4 Å². The van der Waals surface area contributed by atoms with E-state index in [0.717, 1.165) is 21.3 Å². The first-order valence-electron chi connectivity index (χ1n) is 7.48. The van der Waals surface area contributed by atoms with Gasteiger partial charge < -0.3 is 24.3 Å². The third kappa shape index (κ3) is 4.67. The fourth-order valence-electron chi connectivity index (χ4n) is 2.52. The summed E-state index contributed by atoms with van der Waals surface area (Å²) in [5.74, 6) is -5.58. The fraction of sp³-hybridized carbons (Fsp3) is 0.733. The molecule has 0 aromatic heterocycles. The number of methoxy groups -OCH3 is 3. The maximum Gasteiger partial charge on any atom is 0.328 e. The van der Waals surface area contributed by atoms with E-state index < -0.39 is 41.7 Å². The van der Waals surface area contributed by atoms with Crippen LogP contribution >= 0.6 is 0 Å². The lowest BCUT2D eigenvalue weighted by Gasteiger charge is -2.27. The summed E-state index contributed by atoms with van der Waals surface area (Å²) >= 11 is 0. The third-order valence-corrected chi connectivity index (χ3v) is 4.02. The van der Waals surface area contributed by atoms with Crippen molar-refractivity contribution in [3.63, 3.8) is 0 Å². The monoisotopic (exact) mass is 345 g/mol. The molecule has 0 radical (unpaired) electrons. The fourth-order valence-corrected chi connectivity index (χ4v) is 2.52. The largest absolute Gasteiger partial charge is 0.468 e. The zero-order valence-corrected chi connectivity index (χ0v) is 14.2. The second-order valence-corrected chi connectivity index (χ2v) is 5.45. The van der Waals surface area contributed by atoms with Crippen molar-refractivity contribution in [2.75, 3.05) is 34.5 Å². The Hall–Kier alpha value is -2.16. The SMILES string of the molecule is COC(=O)C(C(=O)OC)[C@H](C)[C@@H](NC(=O)[C@@H]1CCOC1)C(=O)OC. The first kappa shape index (κ1) is 19.9. The van der Waals surface area contributed by atoms with E-state index in [1.54, 1.807) is 0 Å². The van der Waals surface area contributed by atoms with E-state index in [2.05, 4.69) is 19.5 Å². The zero-order valence-electron chi connectivity index (χ0n) is 14.2. The second kappa shape index (κ2) is 9.21. The van der Waals surface area contributed by atoms with Crippen molar-refractivity contribution in [2.45, 2.75) is 19.4 Å². The number of nitrogens with one attached hydrogen (secondary N) is 1. The standard InChI is InChI=1S/C15H23NO8/c1-8(10(13(18)21-2)14(19)22-3)11(15(20)23-4)16-12(17)9-5-6-24-7-9/h8-11H,5-7H2,1-4H3,(H,16,17)/t8-,9+,11+/m0/s1. The van der Waals surface area contributed by atoms with Crippen LogP contribution in [0.1, 0.15) is 13.3 Å². The lowest BCUT2D eigenvalue weighted by atomic mass is 9.87. The molecule has 3 atom stereocenters. The third-order valence-electron chi connectivity index (χ3n) is 4.02. The number of ether oxygens (including phenoxy) is 4. The van der Waals surface area contributed by atoms with Crippen molar-refractivity contribution < 1.29 is 38.1 Å². The van der Waals surface area contributed by atoms with E-state index in [0.29, 0.717) is 13.0 Å². The van der Waals surface area contributed by atoms with Gasteiger partial charge in [-0.25, -0.2) is 4.79 Å². The summed E-state index contributed by atoms with van der Waals surface area (Å²) in [6, 6.07) is -1.20. The van der Waals surface area contributed by atoms with Gasteiger partial charge in [0, 0.05) is 12.5 Å². The van der Waals surface area contributed by atoms with E-state index in [1.165, 1.54) is 6.92 Å². The van der Waals surface area contributed by atoms with Gasteiger partial charge in [0.1, 0.15) is 6.04 Å². The van der Waals surface area contributed by atoms with Crippen LogP contribution in [-0.4, -0.2) is 64.4 Å². The Morgan fingerprint density at radius 2 is 1.54 bits per heavy atom.